The number of benzene rings is 1. The summed E-state index contributed by atoms with van der Waals surface area (Å²) < 4.78 is 0. The van der Waals surface area contributed by atoms with Crippen molar-refractivity contribution in [2.24, 2.45) is 5.10 Å². The molecule has 166 valence electrons. The zero-order chi connectivity index (χ0) is 22.9. The first-order valence-electron chi connectivity index (χ1n) is 10.6. The fraction of sp³-hybridized carbons (Fsp3) is 0.304. The van der Waals surface area contributed by atoms with Crippen LogP contribution in [-0.4, -0.2) is 57.3 Å². The Bertz CT molecular complexity index is 1110. The van der Waals surface area contributed by atoms with Crippen molar-refractivity contribution in [2.75, 3.05) is 23.8 Å². The second-order valence-corrected chi connectivity index (χ2v) is 7.19. The monoisotopic (exact) mass is 432 g/mol. The van der Waals surface area contributed by atoms with Gasteiger partial charge >= 0.3 is 0 Å². The van der Waals surface area contributed by atoms with E-state index in [0.717, 1.165) is 29.2 Å². The van der Waals surface area contributed by atoms with Crippen LogP contribution in [0.25, 0.3) is 10.9 Å². The minimum Gasteiger partial charge on any atom is -0.352 e. The van der Waals surface area contributed by atoms with Crippen molar-refractivity contribution in [3.63, 3.8) is 0 Å². The molecule has 3 aromatic rings. The summed E-state index contributed by atoms with van der Waals surface area (Å²) in [6.07, 6.45) is 4.90. The van der Waals surface area contributed by atoms with E-state index in [-0.39, 0.29) is 11.9 Å². The maximum absolute atomic E-state index is 13.4. The number of rotatable bonds is 10. The number of amides is 1. The van der Waals surface area contributed by atoms with Gasteiger partial charge in [-0.3, -0.25) is 10.2 Å². The topological polar surface area (TPSA) is 119 Å². The number of para-hydroxylation sites is 1. The highest BCUT2D eigenvalue weighted by Gasteiger charge is 2.25. The van der Waals surface area contributed by atoms with E-state index >= 15 is 0 Å². The molecule has 1 aromatic carbocycles. The Balaban J connectivity index is 1.78. The minimum absolute atomic E-state index is 0.0807. The average molecular weight is 433 g/mol. The van der Waals surface area contributed by atoms with Gasteiger partial charge in [0, 0.05) is 42.6 Å². The van der Waals surface area contributed by atoms with Crippen molar-refractivity contribution < 1.29 is 4.79 Å². The molecule has 0 radical (unpaired) electrons. The van der Waals surface area contributed by atoms with Gasteiger partial charge in [-0.2, -0.15) is 5.10 Å². The molecule has 32 heavy (non-hydrogen) atoms. The molecule has 0 unspecified atom stereocenters. The Morgan fingerprint density at radius 2 is 2.03 bits per heavy atom. The molecular weight excluding hydrogens is 404 g/mol. The molecule has 2 aromatic heterocycles. The van der Waals surface area contributed by atoms with Gasteiger partial charge in [0.2, 0.25) is 5.95 Å². The minimum atomic E-state index is -0.183. The normalized spacial score (nSPS) is 12.0. The Kier molecular flexibility index (Phi) is 7.80. The van der Waals surface area contributed by atoms with Crippen molar-refractivity contribution in [1.82, 2.24) is 19.9 Å². The first-order chi connectivity index (χ1) is 15.6. The molecular formula is C23H28N8O. The van der Waals surface area contributed by atoms with Crippen molar-refractivity contribution >= 4 is 40.9 Å². The lowest BCUT2D eigenvalue weighted by atomic mass is 10.1. The number of carbonyl (C=O) groups excluding carboxylic acids is 1. The number of pyridine rings is 1. The standard InChI is InChI=1S/C23H28N8O/c1-4-18(15-26-23-25-14-17-8-6-7-9-19(17)29-23)31(5-2)22(32)21-20(30-27-13-12-24)11-10-16(3)28-21/h6-14,18,24,30H,4-5,15H2,1-3H3,(H,25,26,29)/b24-12?,27-13-/t18-/m0/s1. The number of likely N-dealkylation sites (N-methyl/N-ethyl adjacent to an activating group) is 1. The Labute approximate surface area is 187 Å². The van der Waals surface area contributed by atoms with Gasteiger partial charge in [0.05, 0.1) is 17.4 Å². The molecule has 0 saturated carbocycles. The number of nitrogens with one attached hydrogen (secondary N) is 3. The van der Waals surface area contributed by atoms with E-state index in [0.29, 0.717) is 30.4 Å². The fourth-order valence-electron chi connectivity index (χ4n) is 3.40. The number of aromatic nitrogens is 3. The fourth-order valence-corrected chi connectivity index (χ4v) is 3.40. The number of anilines is 2. The van der Waals surface area contributed by atoms with Crippen LogP contribution in [0.4, 0.5) is 11.6 Å². The molecule has 3 N–H and O–H groups in total. The van der Waals surface area contributed by atoms with Crippen LogP contribution >= 0.6 is 0 Å². The number of fused-ring (bicyclic) bond motifs is 1. The molecule has 0 aliphatic rings. The quantitative estimate of drug-likeness (QED) is 0.332. The van der Waals surface area contributed by atoms with Gasteiger partial charge in [0.1, 0.15) is 0 Å². The summed E-state index contributed by atoms with van der Waals surface area (Å²) in [5, 5.41) is 15.2. The van der Waals surface area contributed by atoms with Gasteiger partial charge in [0.15, 0.2) is 5.69 Å². The maximum atomic E-state index is 13.4. The molecule has 0 bridgehead atoms. The predicted octanol–water partition coefficient (Wildman–Crippen LogP) is 3.73. The van der Waals surface area contributed by atoms with Gasteiger partial charge in [-0.15, -0.1) is 0 Å². The molecule has 0 aliphatic heterocycles. The number of aryl methyl sites for hydroxylation is 1. The van der Waals surface area contributed by atoms with Gasteiger partial charge in [-0.05, 0) is 38.5 Å². The predicted molar refractivity (Wildman–Crippen MR) is 129 cm³/mol. The van der Waals surface area contributed by atoms with Gasteiger partial charge < -0.3 is 15.6 Å². The van der Waals surface area contributed by atoms with Crippen LogP contribution in [0, 0.1) is 12.3 Å². The Morgan fingerprint density at radius 1 is 1.22 bits per heavy atom. The number of carbonyl (C=O) groups is 1. The lowest BCUT2D eigenvalue weighted by molar-refractivity contribution is 0.0689. The number of hydrazone groups is 1. The zero-order valence-corrected chi connectivity index (χ0v) is 18.5. The molecule has 1 atom stereocenters. The molecule has 9 nitrogen and oxygen atoms in total. The highest BCUT2D eigenvalue weighted by Crippen LogP contribution is 2.19. The second-order valence-electron chi connectivity index (χ2n) is 7.19. The van der Waals surface area contributed by atoms with Crippen molar-refractivity contribution in [3.8, 4) is 0 Å². The summed E-state index contributed by atoms with van der Waals surface area (Å²) in [6.45, 7) is 6.86. The van der Waals surface area contributed by atoms with Gasteiger partial charge in [0.25, 0.3) is 5.91 Å². The SMILES string of the molecule is CC[C@@H](CNc1ncc2ccccc2n1)N(CC)C(=O)c1nc(C)ccc1N/N=C\C=N. The maximum Gasteiger partial charge on any atom is 0.274 e. The molecule has 9 heteroatoms. The third-order valence-corrected chi connectivity index (χ3v) is 5.07. The van der Waals surface area contributed by atoms with Crippen molar-refractivity contribution in [2.45, 2.75) is 33.2 Å². The third-order valence-electron chi connectivity index (χ3n) is 5.07. The van der Waals surface area contributed by atoms with Crippen LogP contribution in [0.3, 0.4) is 0 Å². The van der Waals surface area contributed by atoms with Crippen LogP contribution in [0.1, 0.15) is 36.5 Å². The summed E-state index contributed by atoms with van der Waals surface area (Å²) in [5.74, 6) is 0.347. The van der Waals surface area contributed by atoms with Crippen LogP contribution in [0.15, 0.2) is 47.7 Å². The third kappa shape index (κ3) is 5.42. The van der Waals surface area contributed by atoms with Gasteiger partial charge in [-0.1, -0.05) is 25.1 Å². The summed E-state index contributed by atoms with van der Waals surface area (Å²) in [7, 11) is 0. The lowest BCUT2D eigenvalue weighted by Crippen LogP contribution is -2.44. The van der Waals surface area contributed by atoms with E-state index in [1.807, 2.05) is 51.1 Å². The highest BCUT2D eigenvalue weighted by molar-refractivity contribution is 6.14. The largest absolute Gasteiger partial charge is 0.352 e. The molecule has 0 fully saturated rings. The van der Waals surface area contributed by atoms with Crippen LogP contribution < -0.4 is 10.7 Å². The first-order valence-corrected chi connectivity index (χ1v) is 10.6. The van der Waals surface area contributed by atoms with Crippen LogP contribution in [0.2, 0.25) is 0 Å². The molecule has 1 amide bonds. The smallest absolute Gasteiger partial charge is 0.274 e. The van der Waals surface area contributed by atoms with E-state index in [2.05, 4.69) is 30.8 Å². The lowest BCUT2D eigenvalue weighted by Gasteiger charge is -2.30. The number of nitrogens with zero attached hydrogens (tertiary/aromatic N) is 5. The van der Waals surface area contributed by atoms with E-state index in [1.54, 1.807) is 17.2 Å². The van der Waals surface area contributed by atoms with Crippen molar-refractivity contribution in [3.05, 3.63) is 54.0 Å². The number of hydrogen-bond acceptors (Lipinski definition) is 8. The summed E-state index contributed by atoms with van der Waals surface area (Å²) in [4.78, 5) is 28.6. The molecule has 2 heterocycles. The van der Waals surface area contributed by atoms with Crippen molar-refractivity contribution in [1.29, 1.82) is 5.41 Å². The highest BCUT2D eigenvalue weighted by atomic mass is 16.2. The summed E-state index contributed by atoms with van der Waals surface area (Å²) in [6, 6.07) is 11.3. The zero-order valence-electron chi connectivity index (χ0n) is 18.5. The van der Waals surface area contributed by atoms with E-state index in [1.165, 1.54) is 6.21 Å². The summed E-state index contributed by atoms with van der Waals surface area (Å²) in [5.41, 5.74) is 5.21. The molecule has 0 saturated heterocycles. The second kappa shape index (κ2) is 10.9. The first kappa shape index (κ1) is 22.8. The molecule has 0 aliphatic carbocycles. The molecule has 0 spiro atoms. The molecule has 3 rings (SSSR count). The number of hydrogen-bond donors (Lipinski definition) is 3. The Morgan fingerprint density at radius 3 is 2.78 bits per heavy atom. The Hall–Kier alpha value is -3.88. The van der Waals surface area contributed by atoms with E-state index < -0.39 is 0 Å². The van der Waals surface area contributed by atoms with E-state index in [9.17, 15) is 4.79 Å². The summed E-state index contributed by atoms with van der Waals surface area (Å²) >= 11 is 0. The van der Waals surface area contributed by atoms with Gasteiger partial charge in [-0.25, -0.2) is 15.0 Å². The van der Waals surface area contributed by atoms with Crippen LogP contribution in [0.5, 0.6) is 0 Å². The van der Waals surface area contributed by atoms with E-state index in [4.69, 9.17) is 5.41 Å². The van der Waals surface area contributed by atoms with Crippen LogP contribution in [-0.2, 0) is 0 Å². The average Bonchev–Trinajstić information content (AvgIpc) is 2.82.